The number of anilines is 2. The Bertz CT molecular complexity index is 852. The molecule has 0 bridgehead atoms. The lowest BCUT2D eigenvalue weighted by atomic mass is 10.2. The summed E-state index contributed by atoms with van der Waals surface area (Å²) in [4.78, 5) is 35.3. The largest absolute Gasteiger partial charge is 0.352 e. The SMILES string of the molecule is CC(=O)Nc1ncc(CC(=O)N2CCN(c3ccc(C#N)nn3)CC2)cn1. The first-order valence-corrected chi connectivity index (χ1v) is 8.40. The number of piperazine rings is 1. The third-order valence-corrected chi connectivity index (χ3v) is 4.07. The molecule has 3 rings (SSSR count). The Morgan fingerprint density at radius 3 is 2.41 bits per heavy atom. The summed E-state index contributed by atoms with van der Waals surface area (Å²) in [5, 5.41) is 19.1. The lowest BCUT2D eigenvalue weighted by Crippen LogP contribution is -2.49. The maximum absolute atomic E-state index is 12.5. The van der Waals surface area contributed by atoms with Crippen molar-refractivity contribution in [2.75, 3.05) is 36.4 Å². The highest BCUT2D eigenvalue weighted by Crippen LogP contribution is 2.13. The van der Waals surface area contributed by atoms with E-state index in [2.05, 4.69) is 25.5 Å². The van der Waals surface area contributed by atoms with Gasteiger partial charge in [-0.25, -0.2) is 9.97 Å². The van der Waals surface area contributed by atoms with Crippen molar-refractivity contribution in [3.8, 4) is 6.07 Å². The monoisotopic (exact) mass is 366 g/mol. The second-order valence-corrected chi connectivity index (χ2v) is 6.03. The molecule has 1 N–H and O–H groups in total. The van der Waals surface area contributed by atoms with Crippen molar-refractivity contribution in [1.29, 1.82) is 5.26 Å². The predicted octanol–water partition coefficient (Wildman–Crippen LogP) is -0.0120. The fraction of sp³-hybridized carbons (Fsp3) is 0.353. The van der Waals surface area contributed by atoms with E-state index in [4.69, 9.17) is 5.26 Å². The van der Waals surface area contributed by atoms with Crippen LogP contribution in [0.4, 0.5) is 11.8 Å². The van der Waals surface area contributed by atoms with E-state index in [1.165, 1.54) is 6.92 Å². The maximum atomic E-state index is 12.5. The highest BCUT2D eigenvalue weighted by Gasteiger charge is 2.22. The van der Waals surface area contributed by atoms with Crippen LogP contribution in [0.3, 0.4) is 0 Å². The summed E-state index contributed by atoms with van der Waals surface area (Å²) in [7, 11) is 0. The van der Waals surface area contributed by atoms with E-state index < -0.39 is 0 Å². The number of hydrogen-bond acceptors (Lipinski definition) is 8. The molecule has 2 aromatic heterocycles. The first kappa shape index (κ1) is 18.2. The van der Waals surface area contributed by atoms with Crippen molar-refractivity contribution in [3.05, 3.63) is 35.8 Å². The highest BCUT2D eigenvalue weighted by molar-refractivity contribution is 5.86. The fourth-order valence-corrected chi connectivity index (χ4v) is 2.69. The van der Waals surface area contributed by atoms with Crippen molar-refractivity contribution < 1.29 is 9.59 Å². The van der Waals surface area contributed by atoms with E-state index in [0.717, 1.165) is 0 Å². The third kappa shape index (κ3) is 4.72. The van der Waals surface area contributed by atoms with Crippen molar-refractivity contribution in [2.45, 2.75) is 13.3 Å². The highest BCUT2D eigenvalue weighted by atomic mass is 16.2. The Balaban J connectivity index is 1.52. The molecule has 2 aromatic rings. The summed E-state index contributed by atoms with van der Waals surface area (Å²) in [6, 6.07) is 5.33. The normalized spacial score (nSPS) is 13.8. The summed E-state index contributed by atoms with van der Waals surface area (Å²) < 4.78 is 0. The van der Waals surface area contributed by atoms with Crippen LogP contribution in [-0.2, 0) is 16.0 Å². The molecule has 0 spiro atoms. The predicted molar refractivity (Wildman–Crippen MR) is 95.6 cm³/mol. The number of rotatable bonds is 4. The van der Waals surface area contributed by atoms with Gasteiger partial charge < -0.3 is 9.80 Å². The van der Waals surface area contributed by atoms with Crippen molar-refractivity contribution >= 4 is 23.6 Å². The van der Waals surface area contributed by atoms with Gasteiger partial charge in [0.05, 0.1) is 6.42 Å². The minimum atomic E-state index is -0.247. The number of hydrogen-bond donors (Lipinski definition) is 1. The average molecular weight is 366 g/mol. The zero-order valence-corrected chi connectivity index (χ0v) is 14.8. The fourth-order valence-electron chi connectivity index (χ4n) is 2.69. The second kappa shape index (κ2) is 8.18. The molecule has 3 heterocycles. The van der Waals surface area contributed by atoms with Gasteiger partial charge in [-0.15, -0.1) is 10.2 Å². The van der Waals surface area contributed by atoms with Crippen molar-refractivity contribution in [2.24, 2.45) is 0 Å². The molecule has 2 amide bonds. The smallest absolute Gasteiger partial charge is 0.229 e. The number of carbonyl (C=O) groups is 2. The lowest BCUT2D eigenvalue weighted by Gasteiger charge is -2.35. The molecule has 10 heteroatoms. The Kier molecular flexibility index (Phi) is 5.51. The minimum Gasteiger partial charge on any atom is -0.352 e. The number of nitrogens with zero attached hydrogens (tertiary/aromatic N) is 7. The van der Waals surface area contributed by atoms with Crippen LogP contribution >= 0.6 is 0 Å². The number of carbonyl (C=O) groups excluding carboxylic acids is 2. The van der Waals surface area contributed by atoms with Crippen LogP contribution in [0.15, 0.2) is 24.5 Å². The van der Waals surface area contributed by atoms with E-state index in [1.807, 2.05) is 11.0 Å². The first-order valence-electron chi connectivity index (χ1n) is 8.40. The van der Waals surface area contributed by atoms with Crippen LogP contribution in [-0.4, -0.2) is 63.1 Å². The van der Waals surface area contributed by atoms with Gasteiger partial charge in [0.15, 0.2) is 11.5 Å². The van der Waals surface area contributed by atoms with Gasteiger partial charge in [-0.05, 0) is 17.7 Å². The number of amides is 2. The van der Waals surface area contributed by atoms with Gasteiger partial charge in [-0.3, -0.25) is 14.9 Å². The van der Waals surface area contributed by atoms with Crippen LogP contribution in [0.1, 0.15) is 18.2 Å². The molecule has 1 aliphatic heterocycles. The molecule has 0 aromatic carbocycles. The zero-order valence-electron chi connectivity index (χ0n) is 14.8. The van der Waals surface area contributed by atoms with Gasteiger partial charge in [0.2, 0.25) is 17.8 Å². The van der Waals surface area contributed by atoms with E-state index in [1.54, 1.807) is 29.4 Å². The molecule has 0 unspecified atom stereocenters. The first-order chi connectivity index (χ1) is 13.0. The number of nitriles is 1. The van der Waals surface area contributed by atoms with Gasteiger partial charge in [-0.1, -0.05) is 0 Å². The van der Waals surface area contributed by atoms with Crippen LogP contribution < -0.4 is 10.2 Å². The average Bonchev–Trinajstić information content (AvgIpc) is 2.69. The standard InChI is InChI=1S/C17H18N8O2/c1-12(26)21-17-19-10-13(11-20-17)8-16(27)25-6-4-24(5-7-25)15-3-2-14(9-18)22-23-15/h2-3,10-11H,4-8H2,1H3,(H,19,20,21,26). The van der Waals surface area contributed by atoms with Gasteiger partial charge in [0, 0.05) is 45.5 Å². The molecule has 1 aliphatic rings. The Morgan fingerprint density at radius 1 is 1.15 bits per heavy atom. The second-order valence-electron chi connectivity index (χ2n) is 6.03. The Hall–Kier alpha value is -3.61. The van der Waals surface area contributed by atoms with Crippen LogP contribution in [0.25, 0.3) is 0 Å². The van der Waals surface area contributed by atoms with Gasteiger partial charge in [0.25, 0.3) is 0 Å². The van der Waals surface area contributed by atoms with Crippen LogP contribution in [0.2, 0.25) is 0 Å². The minimum absolute atomic E-state index is 0.00330. The molecule has 27 heavy (non-hydrogen) atoms. The summed E-state index contributed by atoms with van der Waals surface area (Å²) in [5.41, 5.74) is 0.966. The summed E-state index contributed by atoms with van der Waals surface area (Å²) >= 11 is 0. The van der Waals surface area contributed by atoms with Crippen LogP contribution in [0.5, 0.6) is 0 Å². The zero-order chi connectivity index (χ0) is 19.2. The topological polar surface area (TPSA) is 128 Å². The van der Waals surface area contributed by atoms with E-state index in [-0.39, 0.29) is 29.9 Å². The molecule has 0 radical (unpaired) electrons. The molecule has 0 saturated carbocycles. The van der Waals surface area contributed by atoms with Gasteiger partial charge in [-0.2, -0.15) is 5.26 Å². The molecule has 1 saturated heterocycles. The summed E-state index contributed by atoms with van der Waals surface area (Å²) in [6.45, 7) is 3.81. The number of nitrogens with one attached hydrogen (secondary N) is 1. The quantitative estimate of drug-likeness (QED) is 0.800. The molecule has 10 nitrogen and oxygen atoms in total. The van der Waals surface area contributed by atoms with E-state index in [9.17, 15) is 9.59 Å². The summed E-state index contributed by atoms with van der Waals surface area (Å²) in [6.07, 6.45) is 3.29. The molecule has 0 aliphatic carbocycles. The number of aromatic nitrogens is 4. The van der Waals surface area contributed by atoms with Gasteiger partial charge in [0.1, 0.15) is 6.07 Å². The lowest BCUT2D eigenvalue weighted by molar-refractivity contribution is -0.130. The molecule has 0 atom stereocenters. The maximum Gasteiger partial charge on any atom is 0.229 e. The van der Waals surface area contributed by atoms with E-state index >= 15 is 0 Å². The Morgan fingerprint density at radius 2 is 1.85 bits per heavy atom. The van der Waals surface area contributed by atoms with Gasteiger partial charge >= 0.3 is 0 Å². The van der Waals surface area contributed by atoms with E-state index in [0.29, 0.717) is 37.6 Å². The molecule has 138 valence electrons. The third-order valence-electron chi connectivity index (χ3n) is 4.07. The molecular formula is C17H18N8O2. The summed E-state index contributed by atoms with van der Waals surface area (Å²) in [5.74, 6) is 0.666. The molecular weight excluding hydrogens is 348 g/mol. The Labute approximate surface area is 155 Å². The molecule has 1 fully saturated rings. The van der Waals surface area contributed by atoms with Crippen LogP contribution in [0, 0.1) is 11.3 Å². The van der Waals surface area contributed by atoms with Crippen molar-refractivity contribution in [1.82, 2.24) is 25.1 Å². The van der Waals surface area contributed by atoms with Crippen molar-refractivity contribution in [3.63, 3.8) is 0 Å².